The van der Waals surface area contributed by atoms with E-state index in [1.165, 1.54) is 0 Å². The number of benzene rings is 5. The van der Waals surface area contributed by atoms with Crippen LogP contribution in [0.5, 0.6) is 0 Å². The molecule has 0 radical (unpaired) electrons. The molecule has 0 aliphatic carbocycles. The standard InChI is InChI=1S/C37H30O/c1-27-23-35(33(31-19-11-5-12-20-31)25-29-15-7-3-8-16-29)37(28(2)38)36(24-27)34(32-21-13-6-14-22-32)26-30-17-9-4-10-18-30/h3-26H,1-2H3/b33-25+,34-26+. The minimum absolute atomic E-state index is 0.0415. The summed E-state index contributed by atoms with van der Waals surface area (Å²) in [5.74, 6) is 0.0415. The van der Waals surface area contributed by atoms with Gasteiger partial charge in [0.2, 0.25) is 0 Å². The van der Waals surface area contributed by atoms with Gasteiger partial charge in [0.1, 0.15) is 0 Å². The Labute approximate surface area is 225 Å². The maximum atomic E-state index is 13.5. The molecule has 0 aromatic heterocycles. The van der Waals surface area contributed by atoms with E-state index in [0.29, 0.717) is 0 Å². The molecule has 0 atom stereocenters. The summed E-state index contributed by atoms with van der Waals surface area (Å²) in [6.07, 6.45) is 4.37. The monoisotopic (exact) mass is 490 g/mol. The van der Waals surface area contributed by atoms with Crippen LogP contribution in [-0.2, 0) is 0 Å². The Kier molecular flexibility index (Phi) is 7.57. The summed E-state index contributed by atoms with van der Waals surface area (Å²) < 4.78 is 0. The van der Waals surface area contributed by atoms with Gasteiger partial charge in [-0.15, -0.1) is 0 Å². The first-order valence-electron chi connectivity index (χ1n) is 12.9. The highest BCUT2D eigenvalue weighted by Crippen LogP contribution is 2.37. The molecule has 5 aromatic carbocycles. The van der Waals surface area contributed by atoms with Crippen LogP contribution in [0.4, 0.5) is 0 Å². The number of hydrogen-bond acceptors (Lipinski definition) is 1. The van der Waals surface area contributed by atoms with Crippen LogP contribution in [0.15, 0.2) is 133 Å². The predicted molar refractivity (Wildman–Crippen MR) is 161 cm³/mol. The highest BCUT2D eigenvalue weighted by atomic mass is 16.1. The molecule has 0 aliphatic rings. The average Bonchev–Trinajstić information content (AvgIpc) is 2.96. The number of hydrogen-bond donors (Lipinski definition) is 0. The lowest BCUT2D eigenvalue weighted by Gasteiger charge is -2.20. The molecule has 0 heterocycles. The summed E-state index contributed by atoms with van der Waals surface area (Å²) in [6.45, 7) is 3.78. The fraction of sp³-hybridized carbons (Fsp3) is 0.0541. The van der Waals surface area contributed by atoms with Crippen LogP contribution >= 0.6 is 0 Å². The van der Waals surface area contributed by atoms with Crippen LogP contribution in [0.25, 0.3) is 23.3 Å². The fourth-order valence-corrected chi connectivity index (χ4v) is 4.89. The van der Waals surface area contributed by atoms with Crippen molar-refractivity contribution in [2.45, 2.75) is 13.8 Å². The number of carbonyl (C=O) groups is 1. The molecule has 0 saturated carbocycles. The van der Waals surface area contributed by atoms with E-state index >= 15 is 0 Å². The highest BCUT2D eigenvalue weighted by Gasteiger charge is 2.21. The Morgan fingerprint density at radius 1 is 0.526 bits per heavy atom. The molecule has 0 N–H and O–H groups in total. The van der Waals surface area contributed by atoms with Gasteiger partial charge in [0.25, 0.3) is 0 Å². The number of aryl methyl sites for hydroxylation is 1. The van der Waals surface area contributed by atoms with Crippen LogP contribution in [0.2, 0.25) is 0 Å². The lowest BCUT2D eigenvalue weighted by molar-refractivity contribution is 0.101. The molecule has 0 saturated heterocycles. The molecule has 0 aliphatic heterocycles. The van der Waals surface area contributed by atoms with Crippen molar-refractivity contribution in [3.8, 4) is 0 Å². The lowest BCUT2D eigenvalue weighted by atomic mass is 9.83. The molecule has 184 valence electrons. The third-order valence-corrected chi connectivity index (χ3v) is 6.61. The second-order valence-corrected chi connectivity index (χ2v) is 9.46. The van der Waals surface area contributed by atoms with Crippen molar-refractivity contribution in [2.24, 2.45) is 0 Å². The molecule has 0 fully saturated rings. The molecule has 1 nitrogen and oxygen atoms in total. The highest BCUT2D eigenvalue weighted by molar-refractivity contribution is 6.09. The molecular formula is C37H30O. The van der Waals surface area contributed by atoms with E-state index in [-0.39, 0.29) is 5.78 Å². The van der Waals surface area contributed by atoms with E-state index in [0.717, 1.165) is 55.7 Å². The molecule has 0 amide bonds. The van der Waals surface area contributed by atoms with Crippen molar-refractivity contribution in [1.29, 1.82) is 0 Å². The molecule has 5 rings (SSSR count). The maximum absolute atomic E-state index is 13.5. The Bertz CT molecular complexity index is 1480. The second kappa shape index (κ2) is 11.5. The number of rotatable bonds is 7. The molecule has 0 bridgehead atoms. The Morgan fingerprint density at radius 3 is 1.21 bits per heavy atom. The summed E-state index contributed by atoms with van der Waals surface area (Å²) in [7, 11) is 0. The fourth-order valence-electron chi connectivity index (χ4n) is 4.89. The summed E-state index contributed by atoms with van der Waals surface area (Å²) in [6, 6.07) is 45.5. The number of Topliss-reactive ketones (excluding diaryl/α,β-unsaturated/α-hetero) is 1. The van der Waals surface area contributed by atoms with Crippen molar-refractivity contribution < 1.29 is 4.79 Å². The van der Waals surface area contributed by atoms with Gasteiger partial charge in [0, 0.05) is 5.56 Å². The van der Waals surface area contributed by atoms with Crippen LogP contribution in [0.1, 0.15) is 56.2 Å². The molecule has 1 heteroatoms. The first-order valence-corrected chi connectivity index (χ1v) is 12.9. The van der Waals surface area contributed by atoms with E-state index < -0.39 is 0 Å². The summed E-state index contributed by atoms with van der Waals surface area (Å²) in [5.41, 5.74) is 10.1. The maximum Gasteiger partial charge on any atom is 0.161 e. The van der Waals surface area contributed by atoms with Gasteiger partial charge in [-0.2, -0.15) is 0 Å². The normalized spacial score (nSPS) is 11.8. The third-order valence-electron chi connectivity index (χ3n) is 6.61. The van der Waals surface area contributed by atoms with Gasteiger partial charge in [-0.25, -0.2) is 0 Å². The zero-order valence-corrected chi connectivity index (χ0v) is 21.8. The summed E-state index contributed by atoms with van der Waals surface area (Å²) in [5, 5.41) is 0. The second-order valence-electron chi connectivity index (χ2n) is 9.46. The van der Waals surface area contributed by atoms with Gasteiger partial charge >= 0.3 is 0 Å². The topological polar surface area (TPSA) is 17.1 Å². The van der Waals surface area contributed by atoms with Gasteiger partial charge in [0.05, 0.1) is 0 Å². The summed E-state index contributed by atoms with van der Waals surface area (Å²) >= 11 is 0. The van der Waals surface area contributed by atoms with E-state index in [1.807, 2.05) is 72.8 Å². The number of carbonyl (C=O) groups excluding carboxylic acids is 1. The molecule has 0 unspecified atom stereocenters. The van der Waals surface area contributed by atoms with Gasteiger partial charge < -0.3 is 0 Å². The molecule has 0 spiro atoms. The largest absolute Gasteiger partial charge is 0.294 e. The Balaban J connectivity index is 1.83. The van der Waals surface area contributed by atoms with Crippen molar-refractivity contribution in [2.75, 3.05) is 0 Å². The Morgan fingerprint density at radius 2 is 0.868 bits per heavy atom. The third kappa shape index (κ3) is 5.63. The van der Waals surface area contributed by atoms with E-state index in [4.69, 9.17) is 0 Å². The van der Waals surface area contributed by atoms with E-state index in [2.05, 4.69) is 79.7 Å². The van der Waals surface area contributed by atoms with E-state index in [1.54, 1.807) is 6.92 Å². The van der Waals surface area contributed by atoms with E-state index in [9.17, 15) is 4.79 Å². The van der Waals surface area contributed by atoms with Crippen LogP contribution in [0.3, 0.4) is 0 Å². The van der Waals surface area contributed by atoms with Crippen LogP contribution in [0, 0.1) is 6.92 Å². The van der Waals surface area contributed by atoms with Crippen molar-refractivity contribution in [1.82, 2.24) is 0 Å². The van der Waals surface area contributed by atoms with Gasteiger partial charge in [-0.3, -0.25) is 4.79 Å². The van der Waals surface area contributed by atoms with Gasteiger partial charge in [-0.1, -0.05) is 133 Å². The minimum Gasteiger partial charge on any atom is -0.294 e. The summed E-state index contributed by atoms with van der Waals surface area (Å²) in [4.78, 5) is 13.5. The molecular weight excluding hydrogens is 460 g/mol. The van der Waals surface area contributed by atoms with Crippen molar-refractivity contribution in [3.63, 3.8) is 0 Å². The minimum atomic E-state index is 0.0415. The quantitative estimate of drug-likeness (QED) is 0.164. The van der Waals surface area contributed by atoms with Crippen LogP contribution < -0.4 is 0 Å². The molecule has 38 heavy (non-hydrogen) atoms. The first-order chi connectivity index (χ1) is 18.6. The average molecular weight is 491 g/mol. The van der Waals surface area contributed by atoms with Gasteiger partial charge in [0.15, 0.2) is 5.78 Å². The SMILES string of the molecule is CC(=O)c1c(/C(=C/c2ccccc2)c2ccccc2)cc(C)cc1/C(=C/c1ccccc1)c1ccccc1. The zero-order valence-electron chi connectivity index (χ0n) is 21.8. The van der Waals surface area contributed by atoms with Gasteiger partial charge in [-0.05, 0) is 76.1 Å². The first kappa shape index (κ1) is 24.9. The molecule has 5 aromatic rings. The predicted octanol–water partition coefficient (Wildman–Crippen LogP) is 9.38. The lowest BCUT2D eigenvalue weighted by Crippen LogP contribution is -2.07. The zero-order chi connectivity index (χ0) is 26.3. The smallest absolute Gasteiger partial charge is 0.161 e. The van der Waals surface area contributed by atoms with Crippen molar-refractivity contribution >= 4 is 29.1 Å². The number of ketones is 1. The van der Waals surface area contributed by atoms with Crippen molar-refractivity contribution in [3.05, 3.63) is 178 Å². The Hall–Kier alpha value is -4.75. The van der Waals surface area contributed by atoms with Crippen LogP contribution in [-0.4, -0.2) is 5.78 Å².